The molecule has 0 saturated carbocycles. The summed E-state index contributed by atoms with van der Waals surface area (Å²) in [5.74, 6) is -0.670. The lowest BCUT2D eigenvalue weighted by molar-refractivity contribution is 0.100. The Morgan fingerprint density at radius 1 is 1.13 bits per heavy atom. The molecule has 0 aliphatic carbocycles. The van der Waals surface area contributed by atoms with Crippen molar-refractivity contribution in [3.05, 3.63) is 104 Å². The molecule has 0 fully saturated rings. The molecule has 1 aromatic heterocycles. The van der Waals surface area contributed by atoms with Gasteiger partial charge in [-0.2, -0.15) is 0 Å². The molecule has 3 rings (SSSR count). The molecule has 3 N–H and O–H groups in total. The van der Waals surface area contributed by atoms with Gasteiger partial charge in [-0.1, -0.05) is 35.0 Å². The summed E-state index contributed by atoms with van der Waals surface area (Å²) in [7, 11) is 1.64. The van der Waals surface area contributed by atoms with Gasteiger partial charge in [0.15, 0.2) is 0 Å². The van der Waals surface area contributed by atoms with Crippen LogP contribution in [0, 0.1) is 6.92 Å². The van der Waals surface area contributed by atoms with Crippen LogP contribution in [0.4, 0.5) is 0 Å². The fourth-order valence-corrected chi connectivity index (χ4v) is 3.72. The first-order valence-electron chi connectivity index (χ1n) is 9.34. The number of amides is 1. The lowest BCUT2D eigenvalue weighted by Gasteiger charge is -2.21. The van der Waals surface area contributed by atoms with E-state index < -0.39 is 5.91 Å². The third-order valence-corrected chi connectivity index (χ3v) is 5.38. The number of hydrogen-bond donors (Lipinski definition) is 2. The second kappa shape index (κ2) is 8.97. The summed E-state index contributed by atoms with van der Waals surface area (Å²) in [5.41, 5.74) is 9.64. The molecule has 1 unspecified atom stereocenters. The Hall–Kier alpha value is -3.38. The van der Waals surface area contributed by atoms with Gasteiger partial charge in [0.2, 0.25) is 11.5 Å². The molecule has 0 spiro atoms. The van der Waals surface area contributed by atoms with Crippen molar-refractivity contribution in [2.75, 3.05) is 0 Å². The molecular weight excluding hydrogens is 402 g/mol. The number of aromatic nitrogens is 1. The number of primary amides is 1. The Labute approximate surface area is 179 Å². The number of carbonyl (C=O) groups excluding carboxylic acids is 1. The smallest absolute Gasteiger partial charge is 0.250 e. The normalized spacial score (nSPS) is 12.6. The van der Waals surface area contributed by atoms with Gasteiger partial charge in [0, 0.05) is 47.8 Å². The zero-order chi connectivity index (χ0) is 21.8. The minimum atomic E-state index is -0.497. The van der Waals surface area contributed by atoms with E-state index in [-0.39, 0.29) is 11.5 Å². The number of nitrogens with two attached hydrogens (primary N) is 1. The highest BCUT2D eigenvalue weighted by molar-refractivity contribution is 6.30. The van der Waals surface area contributed by atoms with E-state index >= 15 is 0 Å². The van der Waals surface area contributed by atoms with Crippen LogP contribution in [0.3, 0.4) is 0 Å². The molecule has 1 atom stereocenters. The molecule has 154 valence electrons. The number of oxime groups is 1. The summed E-state index contributed by atoms with van der Waals surface area (Å²) in [6.45, 7) is 1.97. The van der Waals surface area contributed by atoms with Crippen LogP contribution >= 0.6 is 11.6 Å². The maximum absolute atomic E-state index is 11.7. The van der Waals surface area contributed by atoms with Gasteiger partial charge in [0.25, 0.3) is 0 Å². The summed E-state index contributed by atoms with van der Waals surface area (Å²) in [4.78, 5) is 23.2. The predicted molar refractivity (Wildman–Crippen MR) is 118 cm³/mol. The highest BCUT2D eigenvalue weighted by Crippen LogP contribution is 2.33. The molecule has 1 heterocycles. The second-order valence-corrected chi connectivity index (χ2v) is 7.59. The Kier molecular flexibility index (Phi) is 6.37. The van der Waals surface area contributed by atoms with Crippen LogP contribution in [0.5, 0.6) is 0 Å². The van der Waals surface area contributed by atoms with Gasteiger partial charge in [-0.05, 0) is 53.9 Å². The van der Waals surface area contributed by atoms with Crippen molar-refractivity contribution in [2.45, 2.75) is 19.3 Å². The molecule has 30 heavy (non-hydrogen) atoms. The number of nitrogens with zero attached hydrogens (tertiary/aromatic N) is 2. The van der Waals surface area contributed by atoms with Gasteiger partial charge in [-0.25, -0.2) is 0 Å². The summed E-state index contributed by atoms with van der Waals surface area (Å²) in [5, 5.41) is 13.9. The van der Waals surface area contributed by atoms with E-state index in [9.17, 15) is 14.8 Å². The molecule has 0 aliphatic rings. The van der Waals surface area contributed by atoms with Crippen molar-refractivity contribution in [1.29, 1.82) is 0 Å². The zero-order valence-corrected chi connectivity index (χ0v) is 17.4. The van der Waals surface area contributed by atoms with E-state index in [0.717, 1.165) is 16.7 Å². The minimum Gasteiger partial charge on any atom is -0.411 e. The predicted octanol–water partition coefficient (Wildman–Crippen LogP) is 3.85. The number of aryl methyl sites for hydroxylation is 2. The largest absolute Gasteiger partial charge is 0.411 e. The van der Waals surface area contributed by atoms with Gasteiger partial charge in [0.05, 0.1) is 5.71 Å². The van der Waals surface area contributed by atoms with Crippen LogP contribution in [0.1, 0.15) is 45.0 Å². The lowest BCUT2D eigenvalue weighted by Crippen LogP contribution is -2.18. The number of carbonyl (C=O) groups is 1. The van der Waals surface area contributed by atoms with Crippen LogP contribution in [-0.4, -0.2) is 21.4 Å². The molecule has 0 aliphatic heterocycles. The molecule has 2 aromatic carbocycles. The van der Waals surface area contributed by atoms with Crippen molar-refractivity contribution in [1.82, 2.24) is 4.57 Å². The van der Waals surface area contributed by atoms with E-state index in [0.29, 0.717) is 28.3 Å². The first kappa shape index (κ1) is 21.3. The van der Waals surface area contributed by atoms with E-state index in [1.165, 1.54) is 10.6 Å². The topological polar surface area (TPSA) is 97.7 Å². The summed E-state index contributed by atoms with van der Waals surface area (Å²) < 4.78 is 1.44. The lowest BCUT2D eigenvalue weighted by atomic mass is 9.83. The average Bonchev–Trinajstić information content (AvgIpc) is 2.72. The maximum Gasteiger partial charge on any atom is 0.250 e. The van der Waals surface area contributed by atoms with E-state index in [4.69, 9.17) is 17.3 Å². The molecular formula is C23H22ClN3O3. The zero-order valence-electron chi connectivity index (χ0n) is 16.7. The van der Waals surface area contributed by atoms with E-state index in [1.807, 2.05) is 37.3 Å². The molecule has 0 radical (unpaired) electrons. The molecule has 0 saturated heterocycles. The van der Waals surface area contributed by atoms with Gasteiger partial charge >= 0.3 is 0 Å². The van der Waals surface area contributed by atoms with Crippen molar-refractivity contribution < 1.29 is 10.0 Å². The number of rotatable bonds is 6. The second-order valence-electron chi connectivity index (χ2n) is 7.16. The third-order valence-electron chi connectivity index (χ3n) is 5.14. The van der Waals surface area contributed by atoms with Gasteiger partial charge in [-0.3, -0.25) is 9.59 Å². The van der Waals surface area contributed by atoms with Gasteiger partial charge in [0.1, 0.15) is 0 Å². The van der Waals surface area contributed by atoms with E-state index in [2.05, 4.69) is 5.16 Å². The number of hydrogen-bond acceptors (Lipinski definition) is 4. The molecule has 7 heteroatoms. The highest BCUT2D eigenvalue weighted by atomic mass is 35.5. The van der Waals surface area contributed by atoms with Crippen molar-refractivity contribution >= 4 is 23.2 Å². The Bertz CT molecular complexity index is 1170. The van der Waals surface area contributed by atoms with Crippen molar-refractivity contribution in [2.24, 2.45) is 17.9 Å². The highest BCUT2D eigenvalue weighted by Gasteiger charge is 2.21. The SMILES string of the molecule is Cc1cc(Cl)ccc1C(CC(=NO)c1ccc(=O)n(C)c1)c1ccc(C(N)=O)cc1. The molecule has 1 amide bonds. The fourth-order valence-electron chi connectivity index (χ4n) is 3.49. The molecule has 0 bridgehead atoms. The Balaban J connectivity index is 2.07. The first-order chi connectivity index (χ1) is 14.3. The Morgan fingerprint density at radius 2 is 1.80 bits per heavy atom. The maximum atomic E-state index is 11.7. The quantitative estimate of drug-likeness (QED) is 0.358. The fraction of sp³-hybridized carbons (Fsp3) is 0.174. The number of pyridine rings is 1. The summed E-state index contributed by atoms with van der Waals surface area (Å²) in [6.07, 6.45) is 2.01. The van der Waals surface area contributed by atoms with Crippen molar-refractivity contribution in [3.8, 4) is 0 Å². The number of halogens is 1. The monoisotopic (exact) mass is 423 g/mol. The van der Waals surface area contributed by atoms with Crippen LogP contribution in [-0.2, 0) is 7.05 Å². The third kappa shape index (κ3) is 4.60. The van der Waals surface area contributed by atoms with Gasteiger partial charge in [-0.15, -0.1) is 0 Å². The van der Waals surface area contributed by atoms with Crippen molar-refractivity contribution in [3.63, 3.8) is 0 Å². The van der Waals surface area contributed by atoms with Crippen LogP contribution in [0.2, 0.25) is 5.02 Å². The molecule has 3 aromatic rings. The first-order valence-corrected chi connectivity index (χ1v) is 9.71. The Morgan fingerprint density at radius 3 is 2.37 bits per heavy atom. The standard InChI is InChI=1S/C23H22ClN3O3/c1-14-11-18(24)8-9-19(14)20(15-3-5-16(6-4-15)23(25)29)12-21(26-30)17-7-10-22(28)27(2)13-17/h3-11,13,20,30H,12H2,1-2H3,(H2,25,29). The summed E-state index contributed by atoms with van der Waals surface area (Å²) in [6, 6.07) is 15.8. The van der Waals surface area contributed by atoms with E-state index in [1.54, 1.807) is 31.4 Å². The van der Waals surface area contributed by atoms with Gasteiger partial charge < -0.3 is 15.5 Å². The molecule has 6 nitrogen and oxygen atoms in total. The number of benzene rings is 2. The average molecular weight is 424 g/mol. The van der Waals surface area contributed by atoms with Crippen LogP contribution in [0.15, 0.2) is 70.7 Å². The summed E-state index contributed by atoms with van der Waals surface area (Å²) >= 11 is 6.14. The van der Waals surface area contributed by atoms with Crippen LogP contribution in [0.25, 0.3) is 0 Å². The minimum absolute atomic E-state index is 0.150. The van der Waals surface area contributed by atoms with Crippen LogP contribution < -0.4 is 11.3 Å².